The molecule has 4 rings (SSSR count). The average molecular weight is 413 g/mol. The number of rotatable bonds is 2. The van der Waals surface area contributed by atoms with Gasteiger partial charge in [-0.25, -0.2) is 4.39 Å². The molecule has 0 aromatic carbocycles. The highest BCUT2D eigenvalue weighted by molar-refractivity contribution is 6.43. The summed E-state index contributed by atoms with van der Waals surface area (Å²) in [6, 6.07) is 0. The maximum atomic E-state index is 15.2. The Bertz CT molecular complexity index is 811. The summed E-state index contributed by atoms with van der Waals surface area (Å²) in [5.41, 5.74) is -3.11. The molecule has 0 aromatic rings. The molecule has 0 radical (unpaired) electrons. The molecular formula is C21H26ClFO5. The van der Waals surface area contributed by atoms with Gasteiger partial charge in [0.25, 0.3) is 0 Å². The number of ketones is 3. The fourth-order valence-electron chi connectivity index (χ4n) is 6.95. The van der Waals surface area contributed by atoms with E-state index in [1.807, 2.05) is 6.92 Å². The zero-order valence-electron chi connectivity index (χ0n) is 16.1. The molecule has 7 atom stereocenters. The van der Waals surface area contributed by atoms with E-state index in [4.69, 9.17) is 11.6 Å². The second-order valence-electron chi connectivity index (χ2n) is 9.57. The van der Waals surface area contributed by atoms with Crippen LogP contribution in [0.1, 0.15) is 52.4 Å². The minimum Gasteiger partial charge on any atom is -0.388 e. The van der Waals surface area contributed by atoms with Crippen molar-refractivity contribution in [2.45, 2.75) is 69.0 Å². The fraction of sp³-hybridized carbons (Fsp3) is 0.762. The van der Waals surface area contributed by atoms with Crippen LogP contribution in [0.3, 0.4) is 0 Å². The van der Waals surface area contributed by atoms with Crippen LogP contribution in [0, 0.1) is 22.7 Å². The Morgan fingerprint density at radius 3 is 2.57 bits per heavy atom. The zero-order valence-corrected chi connectivity index (χ0v) is 16.9. The number of aliphatic hydroxyl groups excluding tert-OH is 1. The number of alkyl halides is 2. The molecule has 0 aliphatic heterocycles. The molecule has 4 aliphatic carbocycles. The number of allylic oxidation sites excluding steroid dienone is 1. The third kappa shape index (κ3) is 2.17. The van der Waals surface area contributed by atoms with E-state index in [-0.39, 0.29) is 31.1 Å². The second kappa shape index (κ2) is 5.96. The van der Waals surface area contributed by atoms with Crippen LogP contribution in [-0.2, 0) is 14.4 Å². The van der Waals surface area contributed by atoms with Gasteiger partial charge in [-0.05, 0) is 55.6 Å². The molecule has 0 amide bonds. The predicted octanol–water partition coefficient (Wildman–Crippen LogP) is 2.30. The first-order valence-electron chi connectivity index (χ1n) is 9.93. The monoisotopic (exact) mass is 412 g/mol. The summed E-state index contributed by atoms with van der Waals surface area (Å²) in [4.78, 5) is 35.6. The van der Waals surface area contributed by atoms with Gasteiger partial charge in [0.05, 0.1) is 4.87 Å². The Labute approximate surface area is 168 Å². The van der Waals surface area contributed by atoms with E-state index >= 15 is 4.39 Å². The van der Waals surface area contributed by atoms with Crippen molar-refractivity contribution in [3.63, 3.8) is 0 Å². The van der Waals surface area contributed by atoms with Gasteiger partial charge in [0.15, 0.2) is 5.78 Å². The van der Waals surface area contributed by atoms with Crippen molar-refractivity contribution >= 4 is 29.0 Å². The van der Waals surface area contributed by atoms with E-state index in [2.05, 4.69) is 0 Å². The molecular weight excluding hydrogens is 387 g/mol. The summed E-state index contributed by atoms with van der Waals surface area (Å²) in [7, 11) is 0. The maximum absolute atomic E-state index is 15.2. The molecule has 0 heterocycles. The summed E-state index contributed by atoms with van der Waals surface area (Å²) in [5.74, 6) is -2.36. The third-order valence-electron chi connectivity index (χ3n) is 8.70. The first-order valence-corrected chi connectivity index (χ1v) is 10.3. The van der Waals surface area contributed by atoms with Crippen molar-refractivity contribution in [1.82, 2.24) is 0 Å². The standard InChI is InChI=1S/C21H26ClFO5/c1-18-5-6-20(22)12(11(18)3-4-21(18,28)17(27)10-24)7-14(23)13-8-15(25)16(26)9-19(13,20)2/h8,11-12,14,24,28H,3-7,9-10H2,1-2H3/t11-,12-,14?,18-,19-,20+,21-/m0/s1. The van der Waals surface area contributed by atoms with Crippen molar-refractivity contribution < 1.29 is 29.0 Å². The molecule has 3 saturated carbocycles. The number of halogens is 2. The van der Waals surface area contributed by atoms with Gasteiger partial charge >= 0.3 is 0 Å². The number of Topliss-reactive ketones (excluding diaryl/α,β-unsaturated/α-hetero) is 2. The lowest BCUT2D eigenvalue weighted by molar-refractivity contribution is -0.164. The summed E-state index contributed by atoms with van der Waals surface area (Å²) >= 11 is 7.22. The number of aliphatic hydroxyl groups is 2. The number of carbonyl (C=O) groups is 3. The number of fused-ring (bicyclic) bond motifs is 5. The first kappa shape index (κ1) is 20.2. The smallest absolute Gasteiger partial charge is 0.221 e. The summed E-state index contributed by atoms with van der Waals surface area (Å²) < 4.78 is 15.2. The van der Waals surface area contributed by atoms with Crippen LogP contribution in [0.2, 0.25) is 0 Å². The van der Waals surface area contributed by atoms with Crippen LogP contribution in [0.15, 0.2) is 11.6 Å². The van der Waals surface area contributed by atoms with Gasteiger partial charge in [-0.1, -0.05) is 13.8 Å². The van der Waals surface area contributed by atoms with Gasteiger partial charge in [-0.2, -0.15) is 0 Å². The Kier molecular flexibility index (Phi) is 4.29. The Balaban J connectivity index is 1.80. The first-order chi connectivity index (χ1) is 12.9. The maximum Gasteiger partial charge on any atom is 0.221 e. The Morgan fingerprint density at radius 1 is 1.25 bits per heavy atom. The molecule has 1 unspecified atom stereocenters. The molecule has 7 heteroatoms. The lowest BCUT2D eigenvalue weighted by atomic mass is 9.45. The predicted molar refractivity (Wildman–Crippen MR) is 99.5 cm³/mol. The SMILES string of the molecule is C[C@]12CC(=O)C(=O)C=C1C(F)C[C@H]1[C@@H]3CC[C@](O)(C(=O)CO)[C@@]3(C)CC[C@@]12Cl. The Hall–Kier alpha value is -1.11. The molecule has 5 nitrogen and oxygen atoms in total. The highest BCUT2D eigenvalue weighted by Gasteiger charge is 2.71. The molecule has 0 bridgehead atoms. The van der Waals surface area contributed by atoms with Crippen LogP contribution in [0.5, 0.6) is 0 Å². The Morgan fingerprint density at radius 2 is 1.93 bits per heavy atom. The molecule has 0 saturated heterocycles. The number of hydrogen-bond donors (Lipinski definition) is 2. The second-order valence-corrected chi connectivity index (χ2v) is 10.2. The van der Waals surface area contributed by atoms with Gasteiger partial charge < -0.3 is 10.2 Å². The van der Waals surface area contributed by atoms with Crippen LogP contribution >= 0.6 is 11.6 Å². The largest absolute Gasteiger partial charge is 0.388 e. The quantitative estimate of drug-likeness (QED) is 0.536. The highest BCUT2D eigenvalue weighted by atomic mass is 35.5. The van der Waals surface area contributed by atoms with Crippen LogP contribution < -0.4 is 0 Å². The van der Waals surface area contributed by atoms with E-state index < -0.39 is 51.4 Å². The molecule has 4 aliphatic rings. The van der Waals surface area contributed by atoms with E-state index in [9.17, 15) is 24.6 Å². The zero-order chi connectivity index (χ0) is 20.7. The minimum absolute atomic E-state index is 0.107. The lowest BCUT2D eigenvalue weighted by Crippen LogP contribution is -2.65. The van der Waals surface area contributed by atoms with E-state index in [1.165, 1.54) is 0 Å². The van der Waals surface area contributed by atoms with Gasteiger partial charge in [-0.15, -0.1) is 11.6 Å². The molecule has 0 spiro atoms. The minimum atomic E-state index is -1.65. The van der Waals surface area contributed by atoms with Crippen molar-refractivity contribution in [2.75, 3.05) is 6.61 Å². The fourth-order valence-corrected chi connectivity index (χ4v) is 7.46. The molecule has 3 fully saturated rings. The summed E-state index contributed by atoms with van der Waals surface area (Å²) in [6.07, 6.45) is 1.31. The third-order valence-corrected chi connectivity index (χ3v) is 9.58. The molecule has 154 valence electrons. The van der Waals surface area contributed by atoms with Crippen molar-refractivity contribution in [3.05, 3.63) is 11.6 Å². The summed E-state index contributed by atoms with van der Waals surface area (Å²) in [5, 5.41) is 20.5. The lowest BCUT2D eigenvalue weighted by Gasteiger charge is -2.63. The van der Waals surface area contributed by atoms with Crippen molar-refractivity contribution in [3.8, 4) is 0 Å². The van der Waals surface area contributed by atoms with Crippen LogP contribution in [0.4, 0.5) is 4.39 Å². The van der Waals surface area contributed by atoms with E-state index in [0.29, 0.717) is 24.8 Å². The topological polar surface area (TPSA) is 91.7 Å². The average Bonchev–Trinajstić information content (AvgIpc) is 2.92. The number of hydrogen-bond acceptors (Lipinski definition) is 5. The molecule has 2 N–H and O–H groups in total. The summed E-state index contributed by atoms with van der Waals surface area (Å²) in [6.45, 7) is 2.88. The van der Waals surface area contributed by atoms with Gasteiger partial charge in [0, 0.05) is 17.3 Å². The van der Waals surface area contributed by atoms with Crippen LogP contribution in [-0.4, -0.2) is 50.8 Å². The highest BCUT2D eigenvalue weighted by Crippen LogP contribution is 2.71. The molecule has 28 heavy (non-hydrogen) atoms. The number of carbonyl (C=O) groups excluding carboxylic acids is 3. The van der Waals surface area contributed by atoms with Gasteiger partial charge in [0.1, 0.15) is 18.4 Å². The molecule has 0 aromatic heterocycles. The van der Waals surface area contributed by atoms with Gasteiger partial charge in [-0.3, -0.25) is 14.4 Å². The van der Waals surface area contributed by atoms with E-state index in [1.54, 1.807) is 6.92 Å². The van der Waals surface area contributed by atoms with Crippen LogP contribution in [0.25, 0.3) is 0 Å². The van der Waals surface area contributed by atoms with Gasteiger partial charge in [0.2, 0.25) is 11.6 Å². The van der Waals surface area contributed by atoms with Crippen molar-refractivity contribution in [2.24, 2.45) is 22.7 Å². The van der Waals surface area contributed by atoms with Crippen molar-refractivity contribution in [1.29, 1.82) is 0 Å². The van der Waals surface area contributed by atoms with E-state index in [0.717, 1.165) is 6.08 Å². The normalized spacial score (nSPS) is 50.5.